The number of aryl methyl sites for hydroxylation is 1. The van der Waals surface area contributed by atoms with Crippen molar-refractivity contribution in [1.82, 2.24) is 5.32 Å². The molecule has 94 valence electrons. The SMILES string of the molecule is CCc1ccc(CC(NC)C2CCCO2)cc1. The highest BCUT2D eigenvalue weighted by molar-refractivity contribution is 5.23. The highest BCUT2D eigenvalue weighted by Gasteiger charge is 2.24. The summed E-state index contributed by atoms with van der Waals surface area (Å²) in [5.74, 6) is 0. The first kappa shape index (κ1) is 12.6. The molecule has 2 heteroatoms. The van der Waals surface area contributed by atoms with E-state index in [1.54, 1.807) is 0 Å². The molecule has 2 rings (SSSR count). The van der Waals surface area contributed by atoms with Crippen LogP contribution < -0.4 is 5.32 Å². The van der Waals surface area contributed by atoms with Crippen molar-refractivity contribution < 1.29 is 4.74 Å². The number of benzene rings is 1. The largest absolute Gasteiger partial charge is 0.377 e. The standard InChI is InChI=1S/C15H23NO/c1-3-12-6-8-13(9-7-12)11-14(16-2)15-5-4-10-17-15/h6-9,14-16H,3-5,10-11H2,1-2H3. The summed E-state index contributed by atoms with van der Waals surface area (Å²) in [6.07, 6.45) is 4.97. The van der Waals surface area contributed by atoms with E-state index in [0.717, 1.165) is 19.4 Å². The van der Waals surface area contributed by atoms with Crippen LogP contribution in [0.4, 0.5) is 0 Å². The lowest BCUT2D eigenvalue weighted by Gasteiger charge is -2.22. The smallest absolute Gasteiger partial charge is 0.0732 e. The van der Waals surface area contributed by atoms with Crippen molar-refractivity contribution in [3.8, 4) is 0 Å². The molecule has 1 fully saturated rings. The van der Waals surface area contributed by atoms with Gasteiger partial charge in [-0.15, -0.1) is 0 Å². The van der Waals surface area contributed by atoms with Gasteiger partial charge in [0.15, 0.2) is 0 Å². The van der Waals surface area contributed by atoms with E-state index >= 15 is 0 Å². The summed E-state index contributed by atoms with van der Waals surface area (Å²) in [7, 11) is 2.03. The number of hydrogen-bond donors (Lipinski definition) is 1. The molecule has 1 N–H and O–H groups in total. The zero-order valence-corrected chi connectivity index (χ0v) is 10.9. The van der Waals surface area contributed by atoms with Gasteiger partial charge in [0.05, 0.1) is 6.10 Å². The van der Waals surface area contributed by atoms with Gasteiger partial charge < -0.3 is 10.1 Å². The quantitative estimate of drug-likeness (QED) is 0.844. The lowest BCUT2D eigenvalue weighted by Crippen LogP contribution is -2.39. The predicted octanol–water partition coefficient (Wildman–Crippen LogP) is 2.56. The fourth-order valence-corrected chi connectivity index (χ4v) is 2.50. The Kier molecular flexibility index (Phi) is 4.57. The van der Waals surface area contributed by atoms with Gasteiger partial charge in [-0.1, -0.05) is 31.2 Å². The maximum atomic E-state index is 5.76. The van der Waals surface area contributed by atoms with Crippen molar-refractivity contribution in [2.75, 3.05) is 13.7 Å². The second-order valence-corrected chi connectivity index (χ2v) is 4.82. The molecule has 0 aliphatic carbocycles. The molecule has 0 spiro atoms. The fourth-order valence-electron chi connectivity index (χ4n) is 2.50. The van der Waals surface area contributed by atoms with E-state index in [1.807, 2.05) is 7.05 Å². The molecule has 2 nitrogen and oxygen atoms in total. The number of rotatable bonds is 5. The first-order valence-electron chi connectivity index (χ1n) is 6.70. The maximum absolute atomic E-state index is 5.76. The Bertz CT molecular complexity index is 327. The van der Waals surface area contributed by atoms with Crippen LogP contribution in [0.15, 0.2) is 24.3 Å². The minimum atomic E-state index is 0.394. The van der Waals surface area contributed by atoms with Gasteiger partial charge in [-0.2, -0.15) is 0 Å². The summed E-state index contributed by atoms with van der Waals surface area (Å²) in [5.41, 5.74) is 2.81. The molecule has 1 aliphatic rings. The summed E-state index contributed by atoms with van der Waals surface area (Å²) in [6, 6.07) is 9.41. The monoisotopic (exact) mass is 233 g/mol. The zero-order chi connectivity index (χ0) is 12.1. The molecule has 1 aliphatic heterocycles. The van der Waals surface area contributed by atoms with Gasteiger partial charge in [-0.25, -0.2) is 0 Å². The third kappa shape index (κ3) is 3.30. The molecule has 0 aromatic heterocycles. The molecule has 0 bridgehead atoms. The van der Waals surface area contributed by atoms with Crippen molar-refractivity contribution in [3.05, 3.63) is 35.4 Å². The Morgan fingerprint density at radius 1 is 1.29 bits per heavy atom. The second-order valence-electron chi connectivity index (χ2n) is 4.82. The number of hydrogen-bond acceptors (Lipinski definition) is 2. The van der Waals surface area contributed by atoms with E-state index < -0.39 is 0 Å². The predicted molar refractivity (Wildman–Crippen MR) is 71.3 cm³/mol. The maximum Gasteiger partial charge on any atom is 0.0732 e. The van der Waals surface area contributed by atoms with Crippen LogP contribution in [0.1, 0.15) is 30.9 Å². The van der Waals surface area contributed by atoms with Crippen LogP contribution in [0, 0.1) is 0 Å². The summed E-state index contributed by atoms with van der Waals surface area (Å²) in [4.78, 5) is 0. The molecule has 1 aromatic carbocycles. The van der Waals surface area contributed by atoms with E-state index in [9.17, 15) is 0 Å². The summed E-state index contributed by atoms with van der Waals surface area (Å²) < 4.78 is 5.76. The molecule has 0 radical (unpaired) electrons. The lowest BCUT2D eigenvalue weighted by molar-refractivity contribution is 0.0808. The first-order chi connectivity index (χ1) is 8.33. The zero-order valence-electron chi connectivity index (χ0n) is 10.9. The molecule has 1 heterocycles. The number of nitrogens with one attached hydrogen (secondary N) is 1. The Morgan fingerprint density at radius 3 is 2.53 bits per heavy atom. The topological polar surface area (TPSA) is 21.3 Å². The third-order valence-electron chi connectivity index (χ3n) is 3.67. The van der Waals surface area contributed by atoms with Crippen LogP contribution in [0.5, 0.6) is 0 Å². The molecule has 0 amide bonds. The Morgan fingerprint density at radius 2 is 2.00 bits per heavy atom. The van der Waals surface area contributed by atoms with E-state index in [-0.39, 0.29) is 0 Å². The molecular formula is C15H23NO. The average molecular weight is 233 g/mol. The van der Waals surface area contributed by atoms with Crippen LogP contribution in [0.25, 0.3) is 0 Å². The fraction of sp³-hybridized carbons (Fsp3) is 0.600. The molecule has 2 unspecified atom stereocenters. The molecular weight excluding hydrogens is 210 g/mol. The van der Waals surface area contributed by atoms with Crippen molar-refractivity contribution in [2.24, 2.45) is 0 Å². The van der Waals surface area contributed by atoms with Crippen molar-refractivity contribution in [2.45, 2.75) is 44.8 Å². The van der Waals surface area contributed by atoms with Gasteiger partial charge in [0, 0.05) is 12.6 Å². The highest BCUT2D eigenvalue weighted by Crippen LogP contribution is 2.18. The lowest BCUT2D eigenvalue weighted by atomic mass is 9.98. The van der Waals surface area contributed by atoms with E-state index in [2.05, 4.69) is 36.5 Å². The molecule has 1 aromatic rings. The normalized spacial score (nSPS) is 21.6. The number of likely N-dealkylation sites (N-methyl/N-ethyl adjacent to an activating group) is 1. The molecule has 1 saturated heterocycles. The van der Waals surface area contributed by atoms with Crippen molar-refractivity contribution >= 4 is 0 Å². The Labute approximate surface area is 104 Å². The minimum absolute atomic E-state index is 0.394. The van der Waals surface area contributed by atoms with Crippen LogP contribution in [-0.4, -0.2) is 25.8 Å². The van der Waals surface area contributed by atoms with Crippen molar-refractivity contribution in [3.63, 3.8) is 0 Å². The summed E-state index contributed by atoms with van der Waals surface area (Å²) in [5, 5.41) is 3.40. The highest BCUT2D eigenvalue weighted by atomic mass is 16.5. The van der Waals surface area contributed by atoms with Gasteiger partial charge >= 0.3 is 0 Å². The van der Waals surface area contributed by atoms with Gasteiger partial charge in [-0.05, 0) is 43.9 Å². The average Bonchev–Trinajstić information content (AvgIpc) is 2.90. The summed E-state index contributed by atoms with van der Waals surface area (Å²) >= 11 is 0. The molecule has 2 atom stereocenters. The number of ether oxygens (including phenoxy) is 1. The molecule has 17 heavy (non-hydrogen) atoms. The molecule has 0 saturated carbocycles. The van der Waals surface area contributed by atoms with E-state index in [0.29, 0.717) is 12.1 Å². The third-order valence-corrected chi connectivity index (χ3v) is 3.67. The van der Waals surface area contributed by atoms with Gasteiger partial charge in [-0.3, -0.25) is 0 Å². The minimum Gasteiger partial charge on any atom is -0.377 e. The van der Waals surface area contributed by atoms with E-state index in [1.165, 1.54) is 24.0 Å². The van der Waals surface area contributed by atoms with Gasteiger partial charge in [0.25, 0.3) is 0 Å². The first-order valence-corrected chi connectivity index (χ1v) is 6.70. The summed E-state index contributed by atoms with van der Waals surface area (Å²) in [6.45, 7) is 3.12. The van der Waals surface area contributed by atoms with Crippen molar-refractivity contribution in [1.29, 1.82) is 0 Å². The van der Waals surface area contributed by atoms with Crippen LogP contribution >= 0.6 is 0 Å². The van der Waals surface area contributed by atoms with Crippen LogP contribution in [0.2, 0.25) is 0 Å². The Hall–Kier alpha value is -0.860. The Balaban J connectivity index is 1.96. The van der Waals surface area contributed by atoms with E-state index in [4.69, 9.17) is 4.74 Å². The van der Waals surface area contributed by atoms with Crippen LogP contribution in [0.3, 0.4) is 0 Å². The van der Waals surface area contributed by atoms with Crippen LogP contribution in [-0.2, 0) is 17.6 Å². The van der Waals surface area contributed by atoms with Gasteiger partial charge in [0.1, 0.15) is 0 Å². The van der Waals surface area contributed by atoms with Gasteiger partial charge in [0.2, 0.25) is 0 Å². The second kappa shape index (κ2) is 6.18.